The summed E-state index contributed by atoms with van der Waals surface area (Å²) in [5, 5.41) is 2.74. The normalized spacial score (nSPS) is 21.7. The number of carbonyl (C=O) groups is 3. The highest BCUT2D eigenvalue weighted by atomic mass is 16.7. The van der Waals surface area contributed by atoms with Crippen molar-refractivity contribution in [3.05, 3.63) is 59.7 Å². The first-order valence-electron chi connectivity index (χ1n) is 11.0. The number of hydrogen-bond acceptors (Lipinski definition) is 6. The number of amides is 4. The molecule has 5 rings (SSSR count). The summed E-state index contributed by atoms with van der Waals surface area (Å²) in [6.45, 7) is 1.63. The average Bonchev–Trinajstić information content (AvgIpc) is 3.55. The molecule has 9 heteroatoms. The minimum atomic E-state index is -1.31. The van der Waals surface area contributed by atoms with Gasteiger partial charge in [-0.15, -0.1) is 0 Å². The molecule has 0 spiro atoms. The third-order valence-corrected chi connectivity index (χ3v) is 6.33. The minimum Gasteiger partial charge on any atom is -0.467 e. The molecule has 2 aliphatic heterocycles. The Morgan fingerprint density at radius 1 is 1.18 bits per heavy atom. The number of nitrogens with one attached hydrogen (secondary N) is 1. The van der Waals surface area contributed by atoms with Crippen molar-refractivity contribution in [3.8, 4) is 11.5 Å². The average molecular weight is 451 g/mol. The topological polar surface area (TPSA) is 101 Å². The van der Waals surface area contributed by atoms with E-state index < -0.39 is 17.5 Å². The molecule has 33 heavy (non-hydrogen) atoms. The molecule has 0 radical (unpaired) electrons. The van der Waals surface area contributed by atoms with E-state index in [9.17, 15) is 14.4 Å². The predicted molar refractivity (Wildman–Crippen MR) is 116 cm³/mol. The molecule has 9 nitrogen and oxygen atoms in total. The second-order valence-electron chi connectivity index (χ2n) is 8.51. The van der Waals surface area contributed by atoms with Crippen molar-refractivity contribution in [2.45, 2.75) is 44.7 Å². The number of urea groups is 1. The van der Waals surface area contributed by atoms with Crippen LogP contribution in [0.3, 0.4) is 0 Å². The third kappa shape index (κ3) is 3.83. The Morgan fingerprint density at radius 3 is 2.79 bits per heavy atom. The second-order valence-corrected chi connectivity index (χ2v) is 8.51. The maximum atomic E-state index is 13.4. The van der Waals surface area contributed by atoms with Crippen LogP contribution < -0.4 is 14.8 Å². The molecular formula is C24H25N3O6. The van der Waals surface area contributed by atoms with Crippen molar-refractivity contribution in [2.75, 3.05) is 13.3 Å². The lowest BCUT2D eigenvalue weighted by atomic mass is 9.91. The molecule has 172 valence electrons. The summed E-state index contributed by atoms with van der Waals surface area (Å²) in [7, 11) is 0. The van der Waals surface area contributed by atoms with Crippen molar-refractivity contribution in [1.29, 1.82) is 0 Å². The van der Waals surface area contributed by atoms with Crippen molar-refractivity contribution in [2.24, 2.45) is 0 Å². The zero-order chi connectivity index (χ0) is 23.0. The van der Waals surface area contributed by atoms with Gasteiger partial charge < -0.3 is 24.1 Å². The summed E-state index contributed by atoms with van der Waals surface area (Å²) in [4.78, 5) is 42.1. The molecule has 3 heterocycles. The Bertz CT molecular complexity index is 1130. The molecule has 1 aliphatic carbocycles. The van der Waals surface area contributed by atoms with Gasteiger partial charge in [0.1, 0.15) is 17.8 Å². The standard InChI is InChI=1S/C24H25N3O6/c1-24(16-9-10-19-20(12-16)33-15-32-19)22(29)27(23(30)25-24)14-21(28)26(13-18-8-5-11-31-18)17-6-3-2-4-7-17/h5-6,8-12H,2-4,7,13-15H2,1H3,(H,25,30). The zero-order valence-corrected chi connectivity index (χ0v) is 18.3. The van der Waals surface area contributed by atoms with Crippen LogP contribution in [-0.2, 0) is 21.7 Å². The number of furan rings is 1. The molecule has 3 aliphatic rings. The van der Waals surface area contributed by atoms with Crippen LogP contribution in [0, 0.1) is 0 Å². The van der Waals surface area contributed by atoms with Crippen LogP contribution in [0.2, 0.25) is 0 Å². The summed E-state index contributed by atoms with van der Waals surface area (Å²) in [6, 6.07) is 8.06. The van der Waals surface area contributed by atoms with Gasteiger partial charge in [-0.1, -0.05) is 12.1 Å². The van der Waals surface area contributed by atoms with E-state index in [-0.39, 0.29) is 25.8 Å². The minimum absolute atomic E-state index is 0.109. The fourth-order valence-corrected chi connectivity index (χ4v) is 4.44. The van der Waals surface area contributed by atoms with Gasteiger partial charge in [-0.3, -0.25) is 14.5 Å². The van der Waals surface area contributed by atoms with E-state index in [0.717, 1.165) is 36.3 Å². The lowest BCUT2D eigenvalue weighted by Gasteiger charge is -2.28. The van der Waals surface area contributed by atoms with Gasteiger partial charge in [0.25, 0.3) is 5.91 Å². The lowest BCUT2D eigenvalue weighted by Crippen LogP contribution is -2.44. The second kappa shape index (κ2) is 8.31. The summed E-state index contributed by atoms with van der Waals surface area (Å²) < 4.78 is 16.2. The Balaban J connectivity index is 1.37. The van der Waals surface area contributed by atoms with E-state index in [1.54, 1.807) is 48.4 Å². The lowest BCUT2D eigenvalue weighted by molar-refractivity contribution is -0.138. The molecule has 1 aromatic heterocycles. The number of rotatable bonds is 6. The maximum absolute atomic E-state index is 13.4. The Hall–Kier alpha value is -3.75. The SMILES string of the molecule is CC1(c2ccc3c(c2)OCO3)NC(=O)N(CC(=O)N(Cc2ccco2)C2=CCCCC2)C1=O. The van der Waals surface area contributed by atoms with Gasteiger partial charge in [-0.05, 0) is 62.4 Å². The fourth-order valence-electron chi connectivity index (χ4n) is 4.44. The van der Waals surface area contributed by atoms with Crippen LogP contribution in [0.5, 0.6) is 11.5 Å². The van der Waals surface area contributed by atoms with Gasteiger partial charge in [0.05, 0.1) is 12.8 Å². The molecule has 2 aromatic rings. The van der Waals surface area contributed by atoms with Crippen molar-refractivity contribution in [1.82, 2.24) is 15.1 Å². The van der Waals surface area contributed by atoms with Crippen LogP contribution in [0.25, 0.3) is 0 Å². The maximum Gasteiger partial charge on any atom is 0.325 e. The van der Waals surface area contributed by atoms with Crippen LogP contribution >= 0.6 is 0 Å². The number of carbonyl (C=O) groups excluding carboxylic acids is 3. The molecule has 1 N–H and O–H groups in total. The first kappa shape index (κ1) is 21.1. The van der Waals surface area contributed by atoms with E-state index in [2.05, 4.69) is 5.32 Å². The van der Waals surface area contributed by atoms with E-state index in [1.807, 2.05) is 6.08 Å². The van der Waals surface area contributed by atoms with Crippen LogP contribution in [0.4, 0.5) is 4.79 Å². The van der Waals surface area contributed by atoms with E-state index in [0.29, 0.717) is 22.8 Å². The van der Waals surface area contributed by atoms with Crippen LogP contribution in [-0.4, -0.2) is 41.0 Å². The van der Waals surface area contributed by atoms with Gasteiger partial charge >= 0.3 is 6.03 Å². The first-order chi connectivity index (χ1) is 16.0. The smallest absolute Gasteiger partial charge is 0.325 e. The van der Waals surface area contributed by atoms with Gasteiger partial charge in [0, 0.05) is 5.70 Å². The van der Waals surface area contributed by atoms with Crippen molar-refractivity contribution in [3.63, 3.8) is 0 Å². The summed E-state index contributed by atoms with van der Waals surface area (Å²) >= 11 is 0. The highest BCUT2D eigenvalue weighted by Gasteiger charge is 2.50. The highest BCUT2D eigenvalue weighted by molar-refractivity contribution is 6.09. The molecule has 1 saturated heterocycles. The monoisotopic (exact) mass is 451 g/mol. The van der Waals surface area contributed by atoms with Gasteiger partial charge in [0.2, 0.25) is 12.7 Å². The molecule has 1 aromatic carbocycles. The molecule has 1 unspecified atom stereocenters. The predicted octanol–water partition coefficient (Wildman–Crippen LogP) is 3.26. The van der Waals surface area contributed by atoms with Crippen molar-refractivity contribution >= 4 is 17.8 Å². The van der Waals surface area contributed by atoms with Gasteiger partial charge in [-0.2, -0.15) is 0 Å². The van der Waals surface area contributed by atoms with Crippen LogP contribution in [0.15, 0.2) is 52.8 Å². The van der Waals surface area contributed by atoms with Gasteiger partial charge in [0.15, 0.2) is 11.5 Å². The molecule has 1 atom stereocenters. The van der Waals surface area contributed by atoms with Crippen molar-refractivity contribution < 1.29 is 28.3 Å². The fraction of sp³-hybridized carbons (Fsp3) is 0.375. The Labute approximate surface area is 190 Å². The molecule has 0 saturated carbocycles. The van der Waals surface area contributed by atoms with E-state index >= 15 is 0 Å². The van der Waals surface area contributed by atoms with Gasteiger partial charge in [-0.25, -0.2) is 4.79 Å². The molecule has 0 bridgehead atoms. The number of allylic oxidation sites excluding steroid dienone is 2. The molecular weight excluding hydrogens is 426 g/mol. The number of imide groups is 1. The summed E-state index contributed by atoms with van der Waals surface area (Å²) in [6.07, 6.45) is 7.32. The zero-order valence-electron chi connectivity index (χ0n) is 18.3. The summed E-state index contributed by atoms with van der Waals surface area (Å²) in [5.41, 5.74) is 0.143. The highest BCUT2D eigenvalue weighted by Crippen LogP contribution is 2.38. The van der Waals surface area contributed by atoms with E-state index in [1.165, 1.54) is 0 Å². The Kier molecular flexibility index (Phi) is 5.32. The van der Waals surface area contributed by atoms with E-state index in [4.69, 9.17) is 13.9 Å². The molecule has 4 amide bonds. The largest absolute Gasteiger partial charge is 0.467 e. The molecule has 1 fully saturated rings. The third-order valence-electron chi connectivity index (χ3n) is 6.33. The first-order valence-corrected chi connectivity index (χ1v) is 11.0. The number of ether oxygens (including phenoxy) is 2. The van der Waals surface area contributed by atoms with Crippen LogP contribution in [0.1, 0.15) is 43.9 Å². The number of fused-ring (bicyclic) bond motifs is 1. The number of nitrogens with zero attached hydrogens (tertiary/aromatic N) is 2. The number of benzene rings is 1. The quantitative estimate of drug-likeness (QED) is 0.677. The number of hydrogen-bond donors (Lipinski definition) is 1. The Morgan fingerprint density at radius 2 is 2.03 bits per heavy atom. The summed E-state index contributed by atoms with van der Waals surface area (Å²) in [5.74, 6) is 0.908.